The van der Waals surface area contributed by atoms with Crippen LogP contribution in [0.25, 0.3) is 0 Å². The lowest BCUT2D eigenvalue weighted by Crippen LogP contribution is -2.38. The van der Waals surface area contributed by atoms with Crippen LogP contribution in [-0.2, 0) is 31.5 Å². The molecule has 1 fully saturated rings. The maximum atomic E-state index is 11.8. The first-order valence-corrected chi connectivity index (χ1v) is 10.7. The first-order valence-electron chi connectivity index (χ1n) is 10.7. The topological polar surface area (TPSA) is 65.8 Å². The van der Waals surface area contributed by atoms with Gasteiger partial charge in [-0.25, -0.2) is 0 Å². The van der Waals surface area contributed by atoms with Gasteiger partial charge >= 0.3 is 0 Å². The number of hydrogen-bond acceptors (Lipinski definition) is 3. The van der Waals surface area contributed by atoms with Gasteiger partial charge in [-0.1, -0.05) is 38.1 Å². The fourth-order valence-corrected chi connectivity index (χ4v) is 3.91. The van der Waals surface area contributed by atoms with E-state index in [-0.39, 0.29) is 29.9 Å². The molecule has 0 radical (unpaired) electrons. The summed E-state index contributed by atoms with van der Waals surface area (Å²) in [6.45, 7) is 7.37. The van der Waals surface area contributed by atoms with E-state index in [1.54, 1.807) is 0 Å². The van der Waals surface area contributed by atoms with Gasteiger partial charge in [0.05, 0.1) is 5.69 Å². The number of amides is 1. The van der Waals surface area contributed by atoms with Crippen LogP contribution >= 0.6 is 24.0 Å². The highest BCUT2D eigenvalue weighted by Crippen LogP contribution is 2.19. The Morgan fingerprint density at radius 3 is 2.52 bits per heavy atom. The van der Waals surface area contributed by atoms with Crippen molar-refractivity contribution < 1.29 is 4.79 Å². The number of likely N-dealkylation sites (tertiary alicyclic amines) is 1. The molecule has 7 nitrogen and oxygen atoms in total. The molecule has 1 aliphatic rings. The lowest BCUT2D eigenvalue weighted by atomic mass is 10.1. The van der Waals surface area contributed by atoms with Crippen molar-refractivity contribution in [3.63, 3.8) is 0 Å². The number of aryl methyl sites for hydroxylation is 1. The van der Waals surface area contributed by atoms with E-state index in [1.165, 1.54) is 16.7 Å². The van der Waals surface area contributed by atoms with E-state index < -0.39 is 0 Å². The van der Waals surface area contributed by atoms with Gasteiger partial charge in [0.1, 0.15) is 0 Å². The maximum Gasteiger partial charge on any atom is 0.222 e. The minimum atomic E-state index is 0. The summed E-state index contributed by atoms with van der Waals surface area (Å²) >= 11 is 0. The number of hydrogen-bond donors (Lipinski definition) is 1. The third kappa shape index (κ3) is 6.69. The fraction of sp³-hybridized carbons (Fsp3) is 0.522. The van der Waals surface area contributed by atoms with Gasteiger partial charge in [0.25, 0.3) is 0 Å². The lowest BCUT2D eigenvalue weighted by Gasteiger charge is -2.22. The molecule has 0 aliphatic carbocycles. The van der Waals surface area contributed by atoms with Gasteiger partial charge in [-0.15, -0.1) is 24.0 Å². The van der Waals surface area contributed by atoms with Crippen LogP contribution in [-0.4, -0.2) is 52.1 Å². The number of nitrogens with zero attached hydrogens (tertiary/aromatic N) is 5. The van der Waals surface area contributed by atoms with Gasteiger partial charge in [-0.2, -0.15) is 5.10 Å². The van der Waals surface area contributed by atoms with E-state index in [9.17, 15) is 4.79 Å². The Labute approximate surface area is 202 Å². The van der Waals surface area contributed by atoms with Gasteiger partial charge in [0.15, 0.2) is 5.96 Å². The fourth-order valence-electron chi connectivity index (χ4n) is 3.91. The predicted molar refractivity (Wildman–Crippen MR) is 135 cm³/mol. The Morgan fingerprint density at radius 1 is 1.26 bits per heavy atom. The first kappa shape index (κ1) is 25.2. The zero-order valence-corrected chi connectivity index (χ0v) is 21.6. The summed E-state index contributed by atoms with van der Waals surface area (Å²) in [7, 11) is 5.82. The van der Waals surface area contributed by atoms with E-state index in [0.717, 1.165) is 31.2 Å². The molecule has 1 amide bonds. The number of halogens is 1. The molecule has 1 aromatic carbocycles. The van der Waals surface area contributed by atoms with Crippen LogP contribution in [0.1, 0.15) is 55.0 Å². The highest BCUT2D eigenvalue weighted by Gasteiger charge is 2.20. The molecule has 1 aliphatic heterocycles. The molecule has 8 heteroatoms. The zero-order valence-electron chi connectivity index (χ0n) is 19.3. The van der Waals surface area contributed by atoms with E-state index in [4.69, 9.17) is 0 Å². The number of guanidine groups is 1. The molecule has 1 aromatic heterocycles. The summed E-state index contributed by atoms with van der Waals surface area (Å²) in [6.07, 6.45) is 3.75. The van der Waals surface area contributed by atoms with Gasteiger partial charge < -0.3 is 15.1 Å². The maximum absolute atomic E-state index is 11.8. The summed E-state index contributed by atoms with van der Waals surface area (Å²) in [5, 5.41) is 8.04. The minimum Gasteiger partial charge on any atom is -0.352 e. The van der Waals surface area contributed by atoms with E-state index in [1.807, 2.05) is 30.7 Å². The lowest BCUT2D eigenvalue weighted by molar-refractivity contribution is -0.128. The standard InChI is InChI=1S/C23H34N6O.HI/c1-17(2)22-20(16-28(5)26-22)15-27(4)23(24-3)25-13-18-8-10-19(11-9-18)14-29-12-6-7-21(29)30;/h8-11,16-17H,6-7,12-15H2,1-5H3,(H,24,25);1H. The summed E-state index contributed by atoms with van der Waals surface area (Å²) < 4.78 is 1.88. The molecule has 2 heterocycles. The van der Waals surface area contributed by atoms with Crippen molar-refractivity contribution in [1.82, 2.24) is 24.9 Å². The van der Waals surface area contributed by atoms with E-state index in [2.05, 4.69) is 64.6 Å². The molecule has 31 heavy (non-hydrogen) atoms. The largest absolute Gasteiger partial charge is 0.352 e. The number of nitrogens with one attached hydrogen (secondary N) is 1. The van der Waals surface area contributed by atoms with Crippen molar-refractivity contribution in [2.75, 3.05) is 20.6 Å². The molecular formula is C23H35IN6O. The molecule has 0 saturated carbocycles. The van der Waals surface area contributed by atoms with Crippen molar-refractivity contribution in [2.45, 2.75) is 52.2 Å². The van der Waals surface area contributed by atoms with Crippen LogP contribution < -0.4 is 5.32 Å². The number of aliphatic imine (C=N–C) groups is 1. The zero-order chi connectivity index (χ0) is 21.7. The van der Waals surface area contributed by atoms with E-state index >= 15 is 0 Å². The number of benzene rings is 1. The number of rotatable bonds is 7. The third-order valence-electron chi connectivity index (χ3n) is 5.48. The van der Waals surface area contributed by atoms with Crippen molar-refractivity contribution in [3.05, 3.63) is 52.8 Å². The summed E-state index contributed by atoms with van der Waals surface area (Å²) in [5.74, 6) is 1.50. The van der Waals surface area contributed by atoms with Crippen LogP contribution in [0.2, 0.25) is 0 Å². The molecule has 170 valence electrons. The second-order valence-corrected chi connectivity index (χ2v) is 8.36. The van der Waals surface area contributed by atoms with Crippen molar-refractivity contribution in [3.8, 4) is 0 Å². The number of carbonyl (C=O) groups excluding carboxylic acids is 1. The third-order valence-corrected chi connectivity index (χ3v) is 5.48. The predicted octanol–water partition coefficient (Wildman–Crippen LogP) is 3.49. The normalized spacial score (nSPS) is 14.2. The second kappa shape index (κ2) is 11.5. The van der Waals surface area contributed by atoms with Crippen LogP contribution in [0, 0.1) is 0 Å². The highest BCUT2D eigenvalue weighted by atomic mass is 127. The quantitative estimate of drug-likeness (QED) is 0.333. The molecular weight excluding hydrogens is 503 g/mol. The number of aromatic nitrogens is 2. The summed E-state index contributed by atoms with van der Waals surface area (Å²) in [4.78, 5) is 20.3. The Balaban J connectivity index is 0.00000341. The van der Waals surface area contributed by atoms with Crippen LogP contribution in [0.4, 0.5) is 0 Å². The molecule has 1 saturated heterocycles. The monoisotopic (exact) mass is 538 g/mol. The molecule has 1 N–H and O–H groups in total. The Hall–Kier alpha value is -2.10. The number of carbonyl (C=O) groups is 1. The Bertz CT molecular complexity index is 890. The Kier molecular flexibility index (Phi) is 9.33. The van der Waals surface area contributed by atoms with Crippen LogP contribution in [0.3, 0.4) is 0 Å². The van der Waals surface area contributed by atoms with Crippen molar-refractivity contribution in [2.24, 2.45) is 12.0 Å². The van der Waals surface area contributed by atoms with Crippen molar-refractivity contribution >= 4 is 35.8 Å². The first-order chi connectivity index (χ1) is 14.4. The average molecular weight is 538 g/mol. The summed E-state index contributed by atoms with van der Waals surface area (Å²) in [5.41, 5.74) is 4.71. The second-order valence-electron chi connectivity index (χ2n) is 8.36. The molecule has 0 spiro atoms. The SMILES string of the molecule is CN=C(NCc1ccc(CN2CCCC2=O)cc1)N(C)Cc1cn(C)nc1C(C)C.I. The summed E-state index contributed by atoms with van der Waals surface area (Å²) in [6, 6.07) is 8.46. The average Bonchev–Trinajstić information content (AvgIpc) is 3.28. The Morgan fingerprint density at radius 2 is 1.94 bits per heavy atom. The molecule has 0 atom stereocenters. The minimum absolute atomic E-state index is 0. The van der Waals surface area contributed by atoms with Crippen LogP contribution in [0.5, 0.6) is 0 Å². The van der Waals surface area contributed by atoms with Gasteiger partial charge in [0.2, 0.25) is 5.91 Å². The molecule has 0 bridgehead atoms. The highest BCUT2D eigenvalue weighted by molar-refractivity contribution is 14.0. The molecule has 3 rings (SSSR count). The van der Waals surface area contributed by atoms with Gasteiger partial charge in [-0.3, -0.25) is 14.5 Å². The van der Waals surface area contributed by atoms with E-state index in [0.29, 0.717) is 25.4 Å². The van der Waals surface area contributed by atoms with Gasteiger partial charge in [-0.05, 0) is 23.5 Å². The van der Waals surface area contributed by atoms with Crippen LogP contribution in [0.15, 0.2) is 35.5 Å². The molecule has 0 unspecified atom stereocenters. The molecule has 2 aromatic rings. The smallest absolute Gasteiger partial charge is 0.222 e. The van der Waals surface area contributed by atoms with Crippen molar-refractivity contribution in [1.29, 1.82) is 0 Å². The van der Waals surface area contributed by atoms with Gasteiger partial charge in [0, 0.05) is 65.5 Å².